The smallest absolute Gasteiger partial charge is 0.373 e. The molecule has 0 N–H and O–H groups in total. The van der Waals surface area contributed by atoms with E-state index in [1.165, 1.54) is 0 Å². The van der Waals surface area contributed by atoms with E-state index < -0.39 is 8.80 Å². The maximum absolute atomic E-state index is 12.1. The van der Waals surface area contributed by atoms with Crippen molar-refractivity contribution in [2.24, 2.45) is 0 Å². The van der Waals surface area contributed by atoms with Crippen molar-refractivity contribution in [1.82, 2.24) is 14.7 Å². The van der Waals surface area contributed by atoms with Crippen molar-refractivity contribution in [3.8, 4) is 0 Å². The highest BCUT2D eigenvalue weighted by Gasteiger charge is 2.51. The second-order valence-corrected chi connectivity index (χ2v) is 8.77. The first kappa shape index (κ1) is 21.4. The lowest BCUT2D eigenvalue weighted by atomic mass is 10.3. The first-order valence-corrected chi connectivity index (χ1v) is 10.9. The summed E-state index contributed by atoms with van der Waals surface area (Å²) in [5, 5.41) is 0. The second kappa shape index (κ2) is 10.3. The molecule has 1 heterocycles. The van der Waals surface area contributed by atoms with Gasteiger partial charge in [0.1, 0.15) is 0 Å². The van der Waals surface area contributed by atoms with Gasteiger partial charge in [0.15, 0.2) is 0 Å². The molecule has 0 saturated carbocycles. The number of nitrogens with zero attached hydrogens (tertiary/aromatic N) is 3. The SMILES string of the molecule is CCO[Si](OCC)(OCC)C(CC)N1CCN(C(=O)N(C)C)CC1. The third-order valence-corrected chi connectivity index (χ3v) is 7.90. The summed E-state index contributed by atoms with van der Waals surface area (Å²) in [5.74, 6) is 0. The second-order valence-electron chi connectivity index (χ2n) is 6.03. The van der Waals surface area contributed by atoms with Crippen LogP contribution in [0.1, 0.15) is 34.1 Å². The zero-order chi connectivity index (χ0) is 18.2. The molecular weight excluding hydrogens is 326 g/mol. The van der Waals surface area contributed by atoms with Gasteiger partial charge in [0, 0.05) is 60.1 Å². The summed E-state index contributed by atoms with van der Waals surface area (Å²) in [6.45, 7) is 13.0. The maximum Gasteiger partial charge on any atom is 0.519 e. The van der Waals surface area contributed by atoms with Crippen LogP contribution in [0.3, 0.4) is 0 Å². The van der Waals surface area contributed by atoms with Crippen LogP contribution in [0.15, 0.2) is 0 Å². The van der Waals surface area contributed by atoms with Crippen LogP contribution in [-0.4, -0.2) is 95.3 Å². The molecular formula is C16H35N3O4Si. The monoisotopic (exact) mass is 361 g/mol. The maximum atomic E-state index is 12.1. The van der Waals surface area contributed by atoms with Gasteiger partial charge >= 0.3 is 14.8 Å². The van der Waals surface area contributed by atoms with Gasteiger partial charge in [0.25, 0.3) is 0 Å². The molecule has 0 bridgehead atoms. The number of carbonyl (C=O) groups is 1. The van der Waals surface area contributed by atoms with Crippen molar-refractivity contribution >= 4 is 14.8 Å². The topological polar surface area (TPSA) is 54.5 Å². The predicted octanol–water partition coefficient (Wildman–Crippen LogP) is 1.65. The zero-order valence-corrected chi connectivity index (χ0v) is 17.2. The van der Waals surface area contributed by atoms with Gasteiger partial charge in [-0.1, -0.05) is 6.92 Å². The molecule has 0 spiro atoms. The van der Waals surface area contributed by atoms with Crippen LogP contribution < -0.4 is 0 Å². The van der Waals surface area contributed by atoms with Gasteiger partial charge in [0.2, 0.25) is 0 Å². The normalized spacial score (nSPS) is 17.8. The van der Waals surface area contributed by atoms with Gasteiger partial charge in [-0.15, -0.1) is 0 Å². The highest BCUT2D eigenvalue weighted by Crippen LogP contribution is 2.24. The Balaban J connectivity index is 2.85. The van der Waals surface area contributed by atoms with E-state index in [0.717, 1.165) is 32.6 Å². The van der Waals surface area contributed by atoms with Crippen molar-refractivity contribution < 1.29 is 18.1 Å². The molecule has 2 amide bonds. The van der Waals surface area contributed by atoms with E-state index in [1.54, 1.807) is 19.0 Å². The third kappa shape index (κ3) is 5.16. The van der Waals surface area contributed by atoms with E-state index in [1.807, 2.05) is 25.7 Å². The fourth-order valence-corrected chi connectivity index (χ4v) is 6.50. The fourth-order valence-electron chi connectivity index (χ4n) is 3.26. The van der Waals surface area contributed by atoms with Crippen molar-refractivity contribution in [2.75, 3.05) is 60.1 Å². The molecule has 1 unspecified atom stereocenters. The number of rotatable bonds is 9. The third-order valence-electron chi connectivity index (χ3n) is 4.24. The van der Waals surface area contributed by atoms with Gasteiger partial charge in [-0.05, 0) is 27.2 Å². The highest BCUT2D eigenvalue weighted by atomic mass is 28.4. The lowest BCUT2D eigenvalue weighted by molar-refractivity contribution is 0.0231. The standard InChI is InChI=1S/C16H35N3O4Si/c1-7-15(24(21-8-2,22-9-3)23-10-4)18-11-13-19(14-12-18)16(20)17(5)6/h15H,7-14H2,1-6H3. The molecule has 1 aliphatic heterocycles. The van der Waals surface area contributed by atoms with Gasteiger partial charge in [-0.25, -0.2) is 4.79 Å². The Morgan fingerprint density at radius 2 is 1.42 bits per heavy atom. The molecule has 142 valence electrons. The van der Waals surface area contributed by atoms with E-state index >= 15 is 0 Å². The van der Waals surface area contributed by atoms with E-state index in [4.69, 9.17) is 13.3 Å². The van der Waals surface area contributed by atoms with Crippen molar-refractivity contribution in [2.45, 2.75) is 39.8 Å². The van der Waals surface area contributed by atoms with Gasteiger partial charge < -0.3 is 23.1 Å². The molecule has 1 aliphatic rings. The number of urea groups is 1. The first-order valence-electron chi connectivity index (χ1n) is 9.07. The van der Waals surface area contributed by atoms with Crippen molar-refractivity contribution in [1.29, 1.82) is 0 Å². The number of carbonyl (C=O) groups excluding carboxylic acids is 1. The largest absolute Gasteiger partial charge is 0.519 e. The summed E-state index contributed by atoms with van der Waals surface area (Å²) in [6.07, 6.45) is 0.911. The molecule has 8 heteroatoms. The summed E-state index contributed by atoms with van der Waals surface area (Å²) in [5.41, 5.74) is 0.133. The fraction of sp³-hybridized carbons (Fsp3) is 0.938. The number of hydrogen-bond acceptors (Lipinski definition) is 5. The summed E-state index contributed by atoms with van der Waals surface area (Å²) in [4.78, 5) is 18.0. The Morgan fingerprint density at radius 1 is 0.958 bits per heavy atom. The van der Waals surface area contributed by atoms with Gasteiger partial charge in [-0.2, -0.15) is 0 Å². The zero-order valence-electron chi connectivity index (χ0n) is 16.2. The van der Waals surface area contributed by atoms with Crippen LogP contribution in [0, 0.1) is 0 Å². The predicted molar refractivity (Wildman–Crippen MR) is 96.9 cm³/mol. The molecule has 1 saturated heterocycles. The minimum Gasteiger partial charge on any atom is -0.373 e. The quantitative estimate of drug-likeness (QED) is 0.585. The lowest BCUT2D eigenvalue weighted by Gasteiger charge is -2.44. The molecule has 0 radical (unpaired) electrons. The van der Waals surface area contributed by atoms with Crippen LogP contribution in [0.25, 0.3) is 0 Å². The summed E-state index contributed by atoms with van der Waals surface area (Å²) in [6, 6.07) is 0.0747. The van der Waals surface area contributed by atoms with E-state index in [0.29, 0.717) is 19.8 Å². The number of amides is 2. The minimum atomic E-state index is -2.77. The number of piperazine rings is 1. The van der Waals surface area contributed by atoms with Crippen LogP contribution in [0.5, 0.6) is 0 Å². The highest BCUT2D eigenvalue weighted by molar-refractivity contribution is 6.62. The Hall–Kier alpha value is -0.673. The molecule has 1 fully saturated rings. The lowest BCUT2D eigenvalue weighted by Crippen LogP contribution is -2.66. The summed E-state index contributed by atoms with van der Waals surface area (Å²) >= 11 is 0. The molecule has 0 aromatic rings. The summed E-state index contributed by atoms with van der Waals surface area (Å²) in [7, 11) is 0.814. The van der Waals surface area contributed by atoms with E-state index in [9.17, 15) is 4.79 Å². The average molecular weight is 362 g/mol. The van der Waals surface area contributed by atoms with Crippen LogP contribution in [-0.2, 0) is 13.3 Å². The average Bonchev–Trinajstić information content (AvgIpc) is 2.56. The molecule has 0 aromatic heterocycles. The molecule has 7 nitrogen and oxygen atoms in total. The van der Waals surface area contributed by atoms with Crippen LogP contribution in [0.2, 0.25) is 0 Å². The Kier molecular flexibility index (Phi) is 9.21. The van der Waals surface area contributed by atoms with Crippen molar-refractivity contribution in [3.63, 3.8) is 0 Å². The molecule has 1 atom stereocenters. The molecule has 24 heavy (non-hydrogen) atoms. The van der Waals surface area contributed by atoms with E-state index in [2.05, 4.69) is 11.8 Å². The first-order chi connectivity index (χ1) is 11.5. The Bertz CT molecular complexity index is 359. The van der Waals surface area contributed by atoms with Crippen LogP contribution >= 0.6 is 0 Å². The Labute approximate surface area is 148 Å². The van der Waals surface area contributed by atoms with Crippen LogP contribution in [0.4, 0.5) is 4.79 Å². The van der Waals surface area contributed by atoms with E-state index in [-0.39, 0.29) is 11.7 Å². The number of hydrogen-bond donors (Lipinski definition) is 0. The van der Waals surface area contributed by atoms with Crippen molar-refractivity contribution in [3.05, 3.63) is 0 Å². The minimum absolute atomic E-state index is 0.0747. The molecule has 0 aliphatic carbocycles. The Morgan fingerprint density at radius 3 is 1.75 bits per heavy atom. The molecule has 0 aromatic carbocycles. The van der Waals surface area contributed by atoms with Gasteiger partial charge in [0.05, 0.1) is 5.67 Å². The summed E-state index contributed by atoms with van der Waals surface area (Å²) < 4.78 is 18.3. The molecule has 1 rings (SSSR count). The van der Waals surface area contributed by atoms with Gasteiger partial charge in [-0.3, -0.25) is 4.90 Å².